The molecule has 140 valence electrons. The predicted octanol–water partition coefficient (Wildman–Crippen LogP) is 1.67. The SMILES string of the molecule is CC(C)(C)OC(=O)Cn1cnc(CNC(=O)OC(C)(C)C)c1.O=C=O. The molecule has 0 fully saturated rings. The molecule has 1 aromatic rings. The van der Waals surface area contributed by atoms with Gasteiger partial charge in [0.1, 0.15) is 17.7 Å². The van der Waals surface area contributed by atoms with Crippen molar-refractivity contribution in [3.05, 3.63) is 18.2 Å². The van der Waals surface area contributed by atoms with Gasteiger partial charge in [-0.15, -0.1) is 0 Å². The lowest BCUT2D eigenvalue weighted by Gasteiger charge is -2.19. The monoisotopic (exact) mass is 355 g/mol. The highest BCUT2D eigenvalue weighted by molar-refractivity contribution is 5.69. The molecule has 0 bridgehead atoms. The number of hydrogen-bond acceptors (Lipinski definition) is 7. The van der Waals surface area contributed by atoms with Gasteiger partial charge in [-0.25, -0.2) is 9.78 Å². The lowest BCUT2D eigenvalue weighted by atomic mass is 10.2. The number of nitrogens with zero attached hydrogens (tertiary/aromatic N) is 2. The van der Waals surface area contributed by atoms with Crippen molar-refractivity contribution < 1.29 is 28.7 Å². The van der Waals surface area contributed by atoms with Gasteiger partial charge in [-0.05, 0) is 41.5 Å². The quantitative estimate of drug-likeness (QED) is 0.816. The van der Waals surface area contributed by atoms with E-state index in [1.807, 2.05) is 20.8 Å². The third kappa shape index (κ3) is 12.4. The molecule has 0 aliphatic heterocycles. The van der Waals surface area contributed by atoms with Crippen molar-refractivity contribution in [2.24, 2.45) is 0 Å². The van der Waals surface area contributed by atoms with Gasteiger partial charge in [-0.1, -0.05) is 0 Å². The molecule has 9 heteroatoms. The number of esters is 1. The number of carbonyl (C=O) groups excluding carboxylic acids is 4. The first-order valence-electron chi connectivity index (χ1n) is 7.55. The van der Waals surface area contributed by atoms with Crippen molar-refractivity contribution in [3.63, 3.8) is 0 Å². The summed E-state index contributed by atoms with van der Waals surface area (Å²) < 4.78 is 12.0. The Balaban J connectivity index is 0.00000178. The second kappa shape index (κ2) is 9.58. The summed E-state index contributed by atoms with van der Waals surface area (Å²) in [5, 5.41) is 2.61. The summed E-state index contributed by atoms with van der Waals surface area (Å²) in [5.41, 5.74) is -0.423. The average molecular weight is 355 g/mol. The third-order valence-corrected chi connectivity index (χ3v) is 2.23. The minimum absolute atomic E-state index is 0.0801. The number of carbonyl (C=O) groups is 2. The second-order valence-corrected chi connectivity index (χ2v) is 7.06. The molecule has 0 aliphatic rings. The van der Waals surface area contributed by atoms with Gasteiger partial charge in [0.2, 0.25) is 0 Å². The van der Waals surface area contributed by atoms with Crippen molar-refractivity contribution in [1.82, 2.24) is 14.9 Å². The van der Waals surface area contributed by atoms with Gasteiger partial charge in [0.25, 0.3) is 0 Å². The number of nitrogens with one attached hydrogen (secondary N) is 1. The van der Waals surface area contributed by atoms with Crippen molar-refractivity contribution in [1.29, 1.82) is 0 Å². The predicted molar refractivity (Wildman–Crippen MR) is 86.2 cm³/mol. The molecule has 0 atom stereocenters. The summed E-state index contributed by atoms with van der Waals surface area (Å²) >= 11 is 0. The standard InChI is InChI=1S/C15H25N3O4.CO2/c1-14(2,3)21-12(19)9-18-8-11(17-10-18)7-16-13(20)22-15(4,5)6;2-1-3/h8,10H,7,9H2,1-6H3,(H,16,20);. The van der Waals surface area contributed by atoms with Gasteiger partial charge < -0.3 is 19.4 Å². The summed E-state index contributed by atoms with van der Waals surface area (Å²) in [6.07, 6.45) is 2.95. The topological polar surface area (TPSA) is 117 Å². The van der Waals surface area contributed by atoms with Crippen LogP contribution in [0.4, 0.5) is 4.79 Å². The molecule has 1 rings (SSSR count). The van der Waals surface area contributed by atoms with Gasteiger partial charge in [-0.2, -0.15) is 9.59 Å². The van der Waals surface area contributed by atoms with Gasteiger partial charge in [0, 0.05) is 6.20 Å². The Morgan fingerprint density at radius 2 is 1.64 bits per heavy atom. The van der Waals surface area contributed by atoms with Crippen LogP contribution in [-0.2, 0) is 36.9 Å². The number of aromatic nitrogens is 2. The third-order valence-electron chi connectivity index (χ3n) is 2.23. The fourth-order valence-electron chi connectivity index (χ4n) is 1.58. The van der Waals surface area contributed by atoms with Gasteiger partial charge in [0.05, 0.1) is 18.6 Å². The van der Waals surface area contributed by atoms with E-state index >= 15 is 0 Å². The maximum atomic E-state index is 11.7. The Bertz CT molecular complexity index is 604. The van der Waals surface area contributed by atoms with Gasteiger partial charge >= 0.3 is 18.2 Å². The lowest BCUT2D eigenvalue weighted by Crippen LogP contribution is -2.32. The Morgan fingerprint density at radius 1 is 1.12 bits per heavy atom. The summed E-state index contributed by atoms with van der Waals surface area (Å²) in [6.45, 7) is 11.1. The Kier molecular flexibility index (Phi) is 8.56. The highest BCUT2D eigenvalue weighted by Gasteiger charge is 2.17. The maximum Gasteiger partial charge on any atom is 0.407 e. The molecular formula is C16H25N3O6. The molecule has 0 spiro atoms. The first kappa shape index (κ1) is 22.3. The fourth-order valence-corrected chi connectivity index (χ4v) is 1.58. The molecule has 0 radical (unpaired) electrons. The molecule has 25 heavy (non-hydrogen) atoms. The van der Waals surface area contributed by atoms with Crippen LogP contribution in [0.15, 0.2) is 12.5 Å². The molecule has 1 heterocycles. The van der Waals surface area contributed by atoms with Gasteiger partial charge in [0.15, 0.2) is 0 Å². The Labute approximate surface area is 146 Å². The molecule has 9 nitrogen and oxygen atoms in total. The van der Waals surface area contributed by atoms with Crippen LogP contribution in [0.2, 0.25) is 0 Å². The summed E-state index contributed by atoms with van der Waals surface area (Å²) in [6, 6.07) is 0. The fraction of sp³-hybridized carbons (Fsp3) is 0.625. The van der Waals surface area contributed by atoms with Crippen LogP contribution in [0.25, 0.3) is 0 Å². The van der Waals surface area contributed by atoms with Crippen molar-refractivity contribution >= 4 is 18.2 Å². The Morgan fingerprint density at radius 3 is 2.12 bits per heavy atom. The number of amides is 1. The molecule has 0 aliphatic carbocycles. The number of ether oxygens (including phenoxy) is 2. The van der Waals surface area contributed by atoms with E-state index in [0.717, 1.165) is 0 Å². The van der Waals surface area contributed by atoms with E-state index < -0.39 is 17.3 Å². The van der Waals surface area contributed by atoms with Crippen LogP contribution >= 0.6 is 0 Å². The number of alkyl carbamates (subject to hydrolysis) is 1. The number of hydrogen-bond donors (Lipinski definition) is 1. The van der Waals surface area contributed by atoms with Crippen LogP contribution in [0.1, 0.15) is 47.2 Å². The van der Waals surface area contributed by atoms with E-state index in [0.29, 0.717) is 5.69 Å². The molecule has 1 N–H and O–H groups in total. The zero-order valence-corrected chi connectivity index (χ0v) is 15.4. The lowest BCUT2D eigenvalue weighted by molar-refractivity contribution is -0.191. The van der Waals surface area contributed by atoms with E-state index in [4.69, 9.17) is 19.1 Å². The normalized spacial score (nSPS) is 10.8. The molecule has 0 saturated heterocycles. The molecule has 0 unspecified atom stereocenters. The van der Waals surface area contributed by atoms with Crippen LogP contribution in [0, 0.1) is 0 Å². The molecule has 1 aromatic heterocycles. The highest BCUT2D eigenvalue weighted by Crippen LogP contribution is 2.08. The first-order valence-corrected chi connectivity index (χ1v) is 7.55. The minimum atomic E-state index is -0.542. The summed E-state index contributed by atoms with van der Waals surface area (Å²) in [4.78, 5) is 43.6. The minimum Gasteiger partial charge on any atom is -0.459 e. The first-order chi connectivity index (χ1) is 11.4. The second-order valence-electron chi connectivity index (χ2n) is 7.06. The van der Waals surface area contributed by atoms with E-state index in [2.05, 4.69) is 10.3 Å². The molecule has 1 amide bonds. The summed E-state index contributed by atoms with van der Waals surface area (Å²) in [5.74, 6) is -0.337. The van der Waals surface area contributed by atoms with Crippen LogP contribution in [-0.4, -0.2) is 39.0 Å². The van der Waals surface area contributed by atoms with Gasteiger partial charge in [-0.3, -0.25) is 4.79 Å². The number of rotatable bonds is 4. The van der Waals surface area contributed by atoms with E-state index in [1.165, 1.54) is 6.33 Å². The van der Waals surface area contributed by atoms with Crippen molar-refractivity contribution in [2.45, 2.75) is 65.8 Å². The maximum absolute atomic E-state index is 11.7. The van der Waals surface area contributed by atoms with E-state index in [1.54, 1.807) is 31.5 Å². The molecular weight excluding hydrogens is 330 g/mol. The highest BCUT2D eigenvalue weighted by atomic mass is 16.6. The van der Waals surface area contributed by atoms with Crippen LogP contribution < -0.4 is 5.32 Å². The van der Waals surface area contributed by atoms with Crippen LogP contribution in [0.3, 0.4) is 0 Å². The van der Waals surface area contributed by atoms with E-state index in [-0.39, 0.29) is 25.2 Å². The van der Waals surface area contributed by atoms with Crippen LogP contribution in [0.5, 0.6) is 0 Å². The summed E-state index contributed by atoms with van der Waals surface area (Å²) in [7, 11) is 0. The molecule has 0 saturated carbocycles. The Hall–Kier alpha value is -2.67. The largest absolute Gasteiger partial charge is 0.459 e. The zero-order chi connectivity index (χ0) is 19.7. The van der Waals surface area contributed by atoms with Crippen molar-refractivity contribution in [2.75, 3.05) is 0 Å². The van der Waals surface area contributed by atoms with E-state index in [9.17, 15) is 9.59 Å². The molecule has 0 aromatic carbocycles. The zero-order valence-electron chi connectivity index (χ0n) is 15.4. The smallest absolute Gasteiger partial charge is 0.407 e. The average Bonchev–Trinajstić information content (AvgIpc) is 2.80. The number of imidazole rings is 1. The van der Waals surface area contributed by atoms with Crippen molar-refractivity contribution in [3.8, 4) is 0 Å².